The molecule has 4 nitrogen and oxygen atoms in total. The molecule has 0 spiro atoms. The van der Waals surface area contributed by atoms with Crippen LogP contribution in [0.25, 0.3) is 0 Å². The highest BCUT2D eigenvalue weighted by Gasteiger charge is 2.29. The Morgan fingerprint density at radius 2 is 1.58 bits per heavy atom. The fraction of sp³-hybridized carbons (Fsp3) is 0.818. The number of ether oxygens (including phenoxy) is 1. The minimum absolute atomic E-state index is 0.366. The molecule has 2 heterocycles. The Labute approximate surface area is 159 Å². The van der Waals surface area contributed by atoms with Crippen molar-refractivity contribution < 1.29 is 4.74 Å². The number of piperidine rings is 1. The summed E-state index contributed by atoms with van der Waals surface area (Å²) in [6.07, 6.45) is 12.4. The molecule has 0 unspecified atom stereocenters. The Hall–Kier alpha value is -1.00. The number of likely N-dealkylation sites (tertiary alicyclic amines) is 1. The van der Waals surface area contributed by atoms with E-state index in [-0.39, 0.29) is 0 Å². The second-order valence-corrected chi connectivity index (χ2v) is 8.90. The summed E-state index contributed by atoms with van der Waals surface area (Å²) in [5.74, 6) is 2.79. The quantitative estimate of drug-likeness (QED) is 0.734. The maximum atomic E-state index is 5.82. The highest BCUT2D eigenvalue weighted by atomic mass is 16.5. The van der Waals surface area contributed by atoms with Crippen LogP contribution >= 0.6 is 0 Å². The Morgan fingerprint density at radius 3 is 2.12 bits per heavy atom. The molecular formula is C22H37N3O. The molecule has 0 N–H and O–H groups in total. The summed E-state index contributed by atoms with van der Waals surface area (Å²) in [6, 6.07) is 0.797. The summed E-state index contributed by atoms with van der Waals surface area (Å²) >= 11 is 0. The average molecular weight is 360 g/mol. The van der Waals surface area contributed by atoms with E-state index in [1.807, 2.05) is 0 Å². The lowest BCUT2D eigenvalue weighted by atomic mass is 9.83. The van der Waals surface area contributed by atoms with Crippen molar-refractivity contribution in [1.82, 2.24) is 14.9 Å². The van der Waals surface area contributed by atoms with Gasteiger partial charge in [-0.3, -0.25) is 0 Å². The predicted octanol–water partition coefficient (Wildman–Crippen LogP) is 4.76. The Morgan fingerprint density at radius 1 is 0.962 bits per heavy atom. The van der Waals surface area contributed by atoms with Gasteiger partial charge in [-0.05, 0) is 82.9 Å². The van der Waals surface area contributed by atoms with Crippen LogP contribution in [0.4, 0.5) is 0 Å². The van der Waals surface area contributed by atoms with Crippen molar-refractivity contribution in [2.45, 2.75) is 90.2 Å². The van der Waals surface area contributed by atoms with E-state index < -0.39 is 0 Å². The van der Waals surface area contributed by atoms with Gasteiger partial charge in [-0.1, -0.05) is 13.8 Å². The van der Waals surface area contributed by atoms with E-state index >= 15 is 0 Å². The van der Waals surface area contributed by atoms with Gasteiger partial charge in [-0.25, -0.2) is 9.97 Å². The van der Waals surface area contributed by atoms with Gasteiger partial charge in [-0.2, -0.15) is 0 Å². The predicted molar refractivity (Wildman–Crippen MR) is 107 cm³/mol. The van der Waals surface area contributed by atoms with E-state index in [0.717, 1.165) is 24.4 Å². The van der Waals surface area contributed by atoms with Crippen molar-refractivity contribution in [2.24, 2.45) is 5.92 Å². The first kappa shape index (κ1) is 19.8. The first-order valence-electron chi connectivity index (χ1n) is 10.7. The second-order valence-electron chi connectivity index (χ2n) is 8.90. The Bertz CT molecular complexity index is 527. The zero-order chi connectivity index (χ0) is 18.5. The van der Waals surface area contributed by atoms with Crippen molar-refractivity contribution in [2.75, 3.05) is 19.7 Å². The van der Waals surface area contributed by atoms with Crippen LogP contribution in [0.1, 0.15) is 89.4 Å². The Kier molecular flexibility index (Phi) is 7.05. The van der Waals surface area contributed by atoms with Crippen LogP contribution in [-0.2, 0) is 4.74 Å². The van der Waals surface area contributed by atoms with Gasteiger partial charge < -0.3 is 9.64 Å². The van der Waals surface area contributed by atoms with Crippen LogP contribution < -0.4 is 0 Å². The van der Waals surface area contributed by atoms with Gasteiger partial charge in [0.1, 0.15) is 5.82 Å². The molecule has 1 aliphatic carbocycles. The van der Waals surface area contributed by atoms with Crippen LogP contribution in [0.5, 0.6) is 0 Å². The zero-order valence-electron chi connectivity index (χ0n) is 17.2. The third-order valence-corrected chi connectivity index (χ3v) is 6.21. The molecule has 1 aliphatic heterocycles. The molecule has 146 valence electrons. The normalized spacial score (nSPS) is 25.9. The summed E-state index contributed by atoms with van der Waals surface area (Å²) in [6.45, 7) is 12.0. The molecule has 2 aliphatic rings. The lowest BCUT2D eigenvalue weighted by Crippen LogP contribution is -2.43. The van der Waals surface area contributed by atoms with Crippen LogP contribution in [-0.4, -0.2) is 46.7 Å². The topological polar surface area (TPSA) is 38.2 Å². The van der Waals surface area contributed by atoms with Gasteiger partial charge >= 0.3 is 0 Å². The molecule has 0 aromatic carbocycles. The standard InChI is InChI=1S/C22H37N3O/c1-16(2)22-23-13-20(14-24-22)19-9-11-25(12-10-19)21-7-5-18(6-8-21)15-26-17(3)4/h13-14,16-19,21H,5-12,15H2,1-4H3. The third-order valence-electron chi connectivity index (χ3n) is 6.21. The molecule has 2 fully saturated rings. The van der Waals surface area contributed by atoms with E-state index in [2.05, 4.69) is 55.0 Å². The number of nitrogens with zero attached hydrogens (tertiary/aromatic N) is 3. The molecule has 1 aromatic heterocycles. The molecule has 0 atom stereocenters. The molecule has 1 saturated carbocycles. The van der Waals surface area contributed by atoms with Crippen molar-refractivity contribution in [3.63, 3.8) is 0 Å². The van der Waals surface area contributed by atoms with Crippen LogP contribution in [0.15, 0.2) is 12.4 Å². The lowest BCUT2D eigenvalue weighted by Gasteiger charge is -2.41. The van der Waals surface area contributed by atoms with Crippen molar-refractivity contribution in [3.8, 4) is 0 Å². The minimum atomic E-state index is 0.366. The number of rotatable bonds is 6. The SMILES string of the molecule is CC(C)OCC1CCC(N2CCC(c3cnc(C(C)C)nc3)CC2)CC1. The molecular weight excluding hydrogens is 322 g/mol. The van der Waals surface area contributed by atoms with E-state index in [1.54, 1.807) is 0 Å². The fourth-order valence-corrected chi connectivity index (χ4v) is 4.46. The number of hydrogen-bond acceptors (Lipinski definition) is 4. The summed E-state index contributed by atoms with van der Waals surface area (Å²) in [4.78, 5) is 11.9. The zero-order valence-corrected chi connectivity index (χ0v) is 17.2. The largest absolute Gasteiger partial charge is 0.379 e. The number of aromatic nitrogens is 2. The van der Waals surface area contributed by atoms with Gasteiger partial charge in [0.15, 0.2) is 0 Å². The lowest BCUT2D eigenvalue weighted by molar-refractivity contribution is 0.0269. The maximum absolute atomic E-state index is 5.82. The fourth-order valence-electron chi connectivity index (χ4n) is 4.46. The average Bonchev–Trinajstić information content (AvgIpc) is 2.67. The molecule has 1 aromatic rings. The molecule has 3 rings (SSSR count). The molecule has 1 saturated heterocycles. The van der Waals surface area contributed by atoms with Crippen molar-refractivity contribution in [3.05, 3.63) is 23.8 Å². The Balaban J connectivity index is 1.43. The van der Waals surface area contributed by atoms with Crippen molar-refractivity contribution in [1.29, 1.82) is 0 Å². The van der Waals surface area contributed by atoms with Gasteiger partial charge in [0.25, 0.3) is 0 Å². The molecule has 26 heavy (non-hydrogen) atoms. The molecule has 0 radical (unpaired) electrons. The number of hydrogen-bond donors (Lipinski definition) is 0. The maximum Gasteiger partial charge on any atom is 0.130 e. The van der Waals surface area contributed by atoms with Crippen molar-refractivity contribution >= 4 is 0 Å². The highest BCUT2D eigenvalue weighted by Crippen LogP contribution is 2.33. The summed E-state index contributed by atoms with van der Waals surface area (Å²) in [5.41, 5.74) is 1.34. The van der Waals surface area contributed by atoms with Crippen LogP contribution in [0, 0.1) is 5.92 Å². The molecule has 0 bridgehead atoms. The van der Waals surface area contributed by atoms with Gasteiger partial charge in [0.05, 0.1) is 6.10 Å². The third kappa shape index (κ3) is 5.26. The highest BCUT2D eigenvalue weighted by molar-refractivity contribution is 5.14. The van der Waals surface area contributed by atoms with E-state index in [0.29, 0.717) is 17.9 Å². The minimum Gasteiger partial charge on any atom is -0.379 e. The monoisotopic (exact) mass is 359 g/mol. The van der Waals surface area contributed by atoms with Gasteiger partial charge in [0.2, 0.25) is 0 Å². The first-order chi connectivity index (χ1) is 12.5. The summed E-state index contributed by atoms with van der Waals surface area (Å²) < 4.78 is 5.82. The van der Waals surface area contributed by atoms with E-state index in [1.165, 1.54) is 57.2 Å². The van der Waals surface area contributed by atoms with Gasteiger partial charge in [0, 0.05) is 31.0 Å². The summed E-state index contributed by atoms with van der Waals surface area (Å²) in [5, 5.41) is 0. The van der Waals surface area contributed by atoms with Crippen LogP contribution in [0.2, 0.25) is 0 Å². The smallest absolute Gasteiger partial charge is 0.130 e. The molecule has 0 amide bonds. The first-order valence-corrected chi connectivity index (χ1v) is 10.7. The van der Waals surface area contributed by atoms with E-state index in [9.17, 15) is 0 Å². The summed E-state index contributed by atoms with van der Waals surface area (Å²) in [7, 11) is 0. The molecule has 4 heteroatoms. The van der Waals surface area contributed by atoms with E-state index in [4.69, 9.17) is 4.74 Å². The second kappa shape index (κ2) is 9.27. The van der Waals surface area contributed by atoms with Gasteiger partial charge in [-0.15, -0.1) is 0 Å². The van der Waals surface area contributed by atoms with Crippen LogP contribution in [0.3, 0.4) is 0 Å².